The molecule has 0 radical (unpaired) electrons. The first-order valence-corrected chi connectivity index (χ1v) is 11.4. The van der Waals surface area contributed by atoms with Crippen molar-refractivity contribution in [2.24, 2.45) is 0 Å². The molecule has 2 aromatic heterocycles. The SMILES string of the molecule is C[C@H](c1ccccc1)n1c(N)c(C(=O)NCc2ccc3c(c2)OCO3)c2nc3ccccc3nc21. The van der Waals surface area contributed by atoms with Crippen molar-refractivity contribution >= 4 is 33.9 Å². The molecule has 3 heterocycles. The van der Waals surface area contributed by atoms with E-state index in [0.29, 0.717) is 46.1 Å². The number of hydrogen-bond acceptors (Lipinski definition) is 6. The zero-order valence-electron chi connectivity index (χ0n) is 19.1. The zero-order valence-corrected chi connectivity index (χ0v) is 19.1. The van der Waals surface area contributed by atoms with Crippen molar-refractivity contribution in [2.75, 3.05) is 12.5 Å². The summed E-state index contributed by atoms with van der Waals surface area (Å²) in [5, 5.41) is 2.98. The fourth-order valence-corrected chi connectivity index (χ4v) is 4.50. The number of rotatable bonds is 5. The van der Waals surface area contributed by atoms with Crippen molar-refractivity contribution in [3.05, 3.63) is 89.5 Å². The average Bonchev–Trinajstić information content (AvgIpc) is 3.47. The van der Waals surface area contributed by atoms with Gasteiger partial charge in [-0.3, -0.25) is 4.79 Å². The Labute approximate surface area is 201 Å². The van der Waals surface area contributed by atoms with E-state index in [-0.39, 0.29) is 18.7 Å². The molecule has 8 nitrogen and oxygen atoms in total. The number of para-hydroxylation sites is 2. The second kappa shape index (κ2) is 8.32. The maximum atomic E-state index is 13.5. The van der Waals surface area contributed by atoms with Gasteiger partial charge in [-0.15, -0.1) is 0 Å². The van der Waals surface area contributed by atoms with Crippen molar-refractivity contribution in [2.45, 2.75) is 19.5 Å². The standard InChI is InChI=1S/C27H23N5O3/c1-16(18-7-3-2-4-8-18)32-25(28)23(24-26(32)31-20-10-6-5-9-19(20)30-24)27(33)29-14-17-11-12-21-22(13-17)35-15-34-21/h2-13,16H,14-15,28H2,1H3,(H,29,33)/t16-/m1/s1. The van der Waals surface area contributed by atoms with Crippen LogP contribution in [0.25, 0.3) is 22.2 Å². The van der Waals surface area contributed by atoms with E-state index >= 15 is 0 Å². The van der Waals surface area contributed by atoms with E-state index in [1.54, 1.807) is 0 Å². The number of nitrogen functional groups attached to an aromatic ring is 1. The summed E-state index contributed by atoms with van der Waals surface area (Å²) in [6.45, 7) is 2.54. The van der Waals surface area contributed by atoms with Crippen LogP contribution in [-0.2, 0) is 6.54 Å². The van der Waals surface area contributed by atoms with Gasteiger partial charge in [0, 0.05) is 6.54 Å². The summed E-state index contributed by atoms with van der Waals surface area (Å²) in [6.07, 6.45) is 0. The zero-order chi connectivity index (χ0) is 23.9. The molecule has 1 aliphatic heterocycles. The number of nitrogens with one attached hydrogen (secondary N) is 1. The summed E-state index contributed by atoms with van der Waals surface area (Å²) in [5.41, 5.74) is 11.4. The minimum atomic E-state index is -0.311. The van der Waals surface area contributed by atoms with Gasteiger partial charge in [0.05, 0.1) is 17.1 Å². The highest BCUT2D eigenvalue weighted by atomic mass is 16.7. The summed E-state index contributed by atoms with van der Waals surface area (Å²) < 4.78 is 12.7. The Morgan fingerprint density at radius 3 is 2.51 bits per heavy atom. The van der Waals surface area contributed by atoms with Crippen molar-refractivity contribution in [3.8, 4) is 11.5 Å². The Hall–Kier alpha value is -4.59. The molecule has 1 atom stereocenters. The molecule has 0 unspecified atom stereocenters. The summed E-state index contributed by atoms with van der Waals surface area (Å²) in [6, 6.07) is 23.0. The number of amides is 1. The quantitative estimate of drug-likeness (QED) is 0.398. The summed E-state index contributed by atoms with van der Waals surface area (Å²) in [5.74, 6) is 1.38. The molecule has 174 valence electrons. The van der Waals surface area contributed by atoms with Gasteiger partial charge >= 0.3 is 0 Å². The van der Waals surface area contributed by atoms with E-state index in [4.69, 9.17) is 25.2 Å². The van der Waals surface area contributed by atoms with E-state index < -0.39 is 0 Å². The van der Waals surface area contributed by atoms with Gasteiger partial charge in [0.1, 0.15) is 16.9 Å². The fourth-order valence-electron chi connectivity index (χ4n) is 4.50. The minimum absolute atomic E-state index is 0.149. The number of ether oxygens (including phenoxy) is 2. The van der Waals surface area contributed by atoms with Gasteiger partial charge in [0.25, 0.3) is 5.91 Å². The third-order valence-electron chi connectivity index (χ3n) is 6.32. The first-order valence-electron chi connectivity index (χ1n) is 11.4. The molecule has 0 fully saturated rings. The number of aromatic nitrogens is 3. The highest BCUT2D eigenvalue weighted by molar-refractivity contribution is 6.10. The van der Waals surface area contributed by atoms with E-state index in [9.17, 15) is 4.79 Å². The fraction of sp³-hybridized carbons (Fsp3) is 0.148. The molecule has 3 aromatic carbocycles. The maximum absolute atomic E-state index is 13.5. The highest BCUT2D eigenvalue weighted by Gasteiger charge is 2.27. The lowest BCUT2D eigenvalue weighted by Gasteiger charge is -2.17. The Morgan fingerprint density at radius 2 is 1.71 bits per heavy atom. The lowest BCUT2D eigenvalue weighted by atomic mass is 10.1. The molecule has 0 spiro atoms. The van der Waals surface area contributed by atoms with Crippen LogP contribution in [0.5, 0.6) is 11.5 Å². The van der Waals surface area contributed by atoms with Crippen LogP contribution in [0.3, 0.4) is 0 Å². The average molecular weight is 466 g/mol. The molecule has 1 aliphatic rings. The van der Waals surface area contributed by atoms with Gasteiger partial charge < -0.3 is 25.1 Å². The number of nitrogens with two attached hydrogens (primary N) is 1. The van der Waals surface area contributed by atoms with Crippen LogP contribution in [0.4, 0.5) is 5.82 Å². The number of fused-ring (bicyclic) bond motifs is 3. The van der Waals surface area contributed by atoms with Gasteiger partial charge in [0.15, 0.2) is 17.1 Å². The van der Waals surface area contributed by atoms with Crippen molar-refractivity contribution in [3.63, 3.8) is 0 Å². The van der Waals surface area contributed by atoms with Gasteiger partial charge in [-0.25, -0.2) is 9.97 Å². The topological polar surface area (TPSA) is 104 Å². The number of carbonyl (C=O) groups is 1. The largest absolute Gasteiger partial charge is 0.454 e. The van der Waals surface area contributed by atoms with Crippen LogP contribution in [0.2, 0.25) is 0 Å². The number of hydrogen-bond donors (Lipinski definition) is 2. The predicted octanol–water partition coefficient (Wildman–Crippen LogP) is 4.43. The summed E-state index contributed by atoms with van der Waals surface area (Å²) in [4.78, 5) is 23.1. The number of nitrogens with zero attached hydrogens (tertiary/aromatic N) is 3. The van der Waals surface area contributed by atoms with Crippen molar-refractivity contribution in [1.29, 1.82) is 0 Å². The molecule has 8 heteroatoms. The van der Waals surface area contributed by atoms with Crippen LogP contribution in [0.15, 0.2) is 72.8 Å². The second-order valence-electron chi connectivity index (χ2n) is 8.47. The van der Waals surface area contributed by atoms with Crippen LogP contribution >= 0.6 is 0 Å². The third kappa shape index (κ3) is 3.59. The Kier molecular flexibility index (Phi) is 4.99. The van der Waals surface area contributed by atoms with Gasteiger partial charge in [-0.05, 0) is 42.3 Å². The minimum Gasteiger partial charge on any atom is -0.454 e. The summed E-state index contributed by atoms with van der Waals surface area (Å²) in [7, 11) is 0. The Bertz CT molecular complexity index is 1580. The van der Waals surface area contributed by atoms with Crippen LogP contribution in [0.1, 0.15) is 34.5 Å². The molecule has 35 heavy (non-hydrogen) atoms. The normalized spacial score (nSPS) is 13.3. The molecule has 5 aromatic rings. The molecule has 0 aliphatic carbocycles. The predicted molar refractivity (Wildman–Crippen MR) is 133 cm³/mol. The number of carbonyl (C=O) groups excluding carboxylic acids is 1. The second-order valence-corrected chi connectivity index (χ2v) is 8.47. The third-order valence-corrected chi connectivity index (χ3v) is 6.32. The van der Waals surface area contributed by atoms with Gasteiger partial charge in [-0.2, -0.15) is 0 Å². The van der Waals surface area contributed by atoms with Crippen LogP contribution in [0, 0.1) is 0 Å². The lowest BCUT2D eigenvalue weighted by Crippen LogP contribution is -2.24. The van der Waals surface area contributed by atoms with E-state index in [2.05, 4.69) is 5.32 Å². The van der Waals surface area contributed by atoms with E-state index in [1.807, 2.05) is 84.3 Å². The molecule has 0 bridgehead atoms. The summed E-state index contributed by atoms with van der Waals surface area (Å²) >= 11 is 0. The molecule has 3 N–H and O–H groups in total. The van der Waals surface area contributed by atoms with Crippen LogP contribution in [-0.4, -0.2) is 27.2 Å². The van der Waals surface area contributed by atoms with Gasteiger partial charge in [-0.1, -0.05) is 48.5 Å². The first kappa shape index (κ1) is 21.0. The first-order chi connectivity index (χ1) is 17.1. The van der Waals surface area contributed by atoms with Crippen LogP contribution < -0.4 is 20.5 Å². The van der Waals surface area contributed by atoms with Crippen molar-refractivity contribution < 1.29 is 14.3 Å². The molecule has 1 amide bonds. The molecular weight excluding hydrogens is 442 g/mol. The number of benzene rings is 3. The Morgan fingerprint density at radius 1 is 1.00 bits per heavy atom. The smallest absolute Gasteiger partial charge is 0.257 e. The molecular formula is C27H23N5O3. The maximum Gasteiger partial charge on any atom is 0.257 e. The van der Waals surface area contributed by atoms with E-state index in [0.717, 1.165) is 16.6 Å². The van der Waals surface area contributed by atoms with Crippen molar-refractivity contribution in [1.82, 2.24) is 19.9 Å². The highest BCUT2D eigenvalue weighted by Crippen LogP contribution is 2.34. The monoisotopic (exact) mass is 465 g/mol. The van der Waals surface area contributed by atoms with Gasteiger partial charge in [0.2, 0.25) is 6.79 Å². The lowest BCUT2D eigenvalue weighted by molar-refractivity contribution is 0.0953. The van der Waals surface area contributed by atoms with E-state index in [1.165, 1.54) is 0 Å². The molecule has 6 rings (SSSR count). The Balaban J connectivity index is 1.42. The molecule has 0 saturated carbocycles. The molecule has 0 saturated heterocycles. The number of anilines is 1.